The first-order valence-electron chi connectivity index (χ1n) is 10.3. The van der Waals surface area contributed by atoms with Crippen molar-refractivity contribution in [2.24, 2.45) is 0 Å². The van der Waals surface area contributed by atoms with Gasteiger partial charge in [-0.1, -0.05) is 51.8 Å². The maximum absolute atomic E-state index is 13.4. The summed E-state index contributed by atoms with van der Waals surface area (Å²) in [7, 11) is 0. The van der Waals surface area contributed by atoms with Crippen molar-refractivity contribution >= 4 is 78.4 Å². The van der Waals surface area contributed by atoms with E-state index in [4.69, 9.17) is 11.6 Å². The van der Waals surface area contributed by atoms with Gasteiger partial charge in [-0.2, -0.15) is 0 Å². The van der Waals surface area contributed by atoms with E-state index in [0.717, 1.165) is 25.3 Å². The van der Waals surface area contributed by atoms with E-state index in [1.165, 1.54) is 15.9 Å². The van der Waals surface area contributed by atoms with Crippen molar-refractivity contribution in [1.82, 2.24) is 9.55 Å². The summed E-state index contributed by atoms with van der Waals surface area (Å²) < 4.78 is 4.79. The zero-order valence-corrected chi connectivity index (χ0v) is 21.5. The Morgan fingerprint density at radius 3 is 2.44 bits per heavy atom. The zero-order chi connectivity index (χ0) is 23.7. The van der Waals surface area contributed by atoms with E-state index in [1.807, 2.05) is 60.7 Å². The van der Waals surface area contributed by atoms with Crippen LogP contribution in [0.4, 0.5) is 0 Å². The number of thiazole rings is 2. The number of Topliss-reactive ketones (excluding diaryl/α,β-unsaturated/α-hetero) is 1. The van der Waals surface area contributed by atoms with E-state index >= 15 is 0 Å². The maximum Gasteiger partial charge on any atom is 0.269 e. The monoisotopic (exact) mass is 566 g/mol. The van der Waals surface area contributed by atoms with E-state index in [-0.39, 0.29) is 17.9 Å². The minimum absolute atomic E-state index is 0.0676. The van der Waals surface area contributed by atoms with Crippen LogP contribution >= 0.6 is 50.2 Å². The van der Waals surface area contributed by atoms with E-state index < -0.39 is 0 Å². The molecule has 0 unspecified atom stereocenters. The van der Waals surface area contributed by atoms with Gasteiger partial charge in [-0.25, -0.2) is 4.98 Å². The number of carbonyl (C=O) groups is 1. The van der Waals surface area contributed by atoms with Gasteiger partial charge in [-0.3, -0.25) is 14.2 Å². The van der Waals surface area contributed by atoms with Crippen LogP contribution in [0.3, 0.4) is 0 Å². The number of hydrogen-bond acceptors (Lipinski definition) is 5. The van der Waals surface area contributed by atoms with Crippen LogP contribution < -0.4 is 14.8 Å². The van der Waals surface area contributed by atoms with Crippen LogP contribution in [0.2, 0.25) is 5.02 Å². The van der Waals surface area contributed by atoms with Crippen LogP contribution in [0, 0.1) is 0 Å². The molecule has 0 bridgehead atoms. The minimum Gasteiger partial charge on any atom is -0.292 e. The molecule has 0 aliphatic heterocycles. The largest absolute Gasteiger partial charge is 0.292 e. The highest BCUT2D eigenvalue weighted by atomic mass is 79.9. The normalized spacial score (nSPS) is 12.5. The van der Waals surface area contributed by atoms with Crippen LogP contribution in [0.15, 0.2) is 82.1 Å². The quantitative estimate of drug-likeness (QED) is 0.265. The summed E-state index contributed by atoms with van der Waals surface area (Å²) in [5, 5.41) is 1.34. The molecule has 0 saturated heterocycles. The molecular weight excluding hydrogens is 552 g/mol. The van der Waals surface area contributed by atoms with Gasteiger partial charge in [0.2, 0.25) is 0 Å². The summed E-state index contributed by atoms with van der Waals surface area (Å²) in [4.78, 5) is 31.0. The molecule has 0 N–H and O–H groups in total. The number of nitrogens with zero attached hydrogens (tertiary/aromatic N) is 2. The molecule has 0 spiro atoms. The van der Waals surface area contributed by atoms with Gasteiger partial charge in [0.1, 0.15) is 9.67 Å². The van der Waals surface area contributed by atoms with Crippen LogP contribution in [0.1, 0.15) is 20.9 Å². The summed E-state index contributed by atoms with van der Waals surface area (Å²) in [6, 6.07) is 22.3. The van der Waals surface area contributed by atoms with E-state index in [0.29, 0.717) is 19.8 Å². The average molecular weight is 568 g/mol. The number of rotatable bonds is 5. The molecule has 8 heteroatoms. The summed E-state index contributed by atoms with van der Waals surface area (Å²) in [6.45, 7) is -0.0676. The maximum atomic E-state index is 13.4. The van der Waals surface area contributed by atoms with Crippen molar-refractivity contribution in [3.63, 3.8) is 0 Å². The van der Waals surface area contributed by atoms with Crippen molar-refractivity contribution in [3.8, 4) is 0 Å². The van der Waals surface area contributed by atoms with Crippen molar-refractivity contribution in [3.05, 3.63) is 118 Å². The smallest absolute Gasteiger partial charge is 0.269 e. The lowest BCUT2D eigenvalue weighted by Gasteiger charge is -2.02. The number of para-hydroxylation sites is 1. The molecule has 2 aromatic heterocycles. The molecule has 2 heterocycles. The fourth-order valence-corrected chi connectivity index (χ4v) is 5.85. The van der Waals surface area contributed by atoms with Gasteiger partial charge in [0.25, 0.3) is 5.56 Å². The number of hydrogen-bond donors (Lipinski definition) is 0. The summed E-state index contributed by atoms with van der Waals surface area (Å²) >= 11 is 12.3. The fraction of sp³-hybridized carbons (Fsp3) is 0.0385. The van der Waals surface area contributed by atoms with Gasteiger partial charge >= 0.3 is 0 Å². The third-order valence-electron chi connectivity index (χ3n) is 5.13. The standard InChI is InChI=1S/C26H16BrClN2O2S2/c27-18-9-5-16(6-10-18)13-23-26(32)30(15-21(31)17-7-11-19(28)12-8-17)25(34-23)14-24-29-20-3-1-2-4-22(20)33-24/h1-14H,15H2/b23-13-,25-14-. The average Bonchev–Trinajstić information content (AvgIpc) is 3.37. The number of benzene rings is 3. The second-order valence-corrected chi connectivity index (χ2v) is 11.0. The predicted molar refractivity (Wildman–Crippen MR) is 145 cm³/mol. The molecule has 168 valence electrons. The molecule has 34 heavy (non-hydrogen) atoms. The second-order valence-electron chi connectivity index (χ2n) is 7.49. The number of aromatic nitrogens is 2. The van der Waals surface area contributed by atoms with E-state index in [1.54, 1.807) is 35.6 Å². The summed E-state index contributed by atoms with van der Waals surface area (Å²) in [5.74, 6) is -0.161. The van der Waals surface area contributed by atoms with Gasteiger partial charge in [-0.05, 0) is 60.2 Å². The lowest BCUT2D eigenvalue weighted by molar-refractivity contribution is 0.0970. The Morgan fingerprint density at radius 2 is 1.71 bits per heavy atom. The number of carbonyl (C=O) groups excluding carboxylic acids is 1. The molecule has 4 nitrogen and oxygen atoms in total. The van der Waals surface area contributed by atoms with Gasteiger partial charge in [0, 0.05) is 21.1 Å². The Kier molecular flexibility index (Phi) is 6.61. The van der Waals surface area contributed by atoms with Crippen molar-refractivity contribution in [1.29, 1.82) is 0 Å². The fourth-order valence-electron chi connectivity index (χ4n) is 3.43. The Morgan fingerprint density at radius 1 is 0.971 bits per heavy atom. The number of halogens is 2. The van der Waals surface area contributed by atoms with Gasteiger partial charge in [0.15, 0.2) is 5.78 Å². The Labute approximate surface area is 216 Å². The van der Waals surface area contributed by atoms with Crippen LogP contribution in [0.5, 0.6) is 0 Å². The van der Waals surface area contributed by atoms with Crippen molar-refractivity contribution < 1.29 is 4.79 Å². The molecule has 0 radical (unpaired) electrons. The van der Waals surface area contributed by atoms with E-state index in [9.17, 15) is 9.59 Å². The summed E-state index contributed by atoms with van der Waals surface area (Å²) in [5.41, 5.74) is 2.11. The topological polar surface area (TPSA) is 52.0 Å². The first-order chi connectivity index (χ1) is 16.5. The molecule has 0 aliphatic carbocycles. The third-order valence-corrected chi connectivity index (χ3v) is 7.95. The molecule has 0 atom stereocenters. The molecule has 5 rings (SSSR count). The van der Waals surface area contributed by atoms with Gasteiger partial charge in [-0.15, -0.1) is 22.7 Å². The molecule has 0 fully saturated rings. The highest BCUT2D eigenvalue weighted by Crippen LogP contribution is 2.21. The molecule has 3 aromatic carbocycles. The molecular formula is C26H16BrClN2O2S2. The Bertz CT molecular complexity index is 1650. The van der Waals surface area contributed by atoms with Gasteiger partial charge < -0.3 is 0 Å². The van der Waals surface area contributed by atoms with Crippen molar-refractivity contribution in [2.75, 3.05) is 0 Å². The third kappa shape index (κ3) is 4.98. The first kappa shape index (κ1) is 22.9. The lowest BCUT2D eigenvalue weighted by atomic mass is 10.1. The first-order valence-corrected chi connectivity index (χ1v) is 13.1. The van der Waals surface area contributed by atoms with Crippen LogP contribution in [0.25, 0.3) is 22.4 Å². The Balaban J connectivity index is 1.63. The summed E-state index contributed by atoms with van der Waals surface area (Å²) in [6.07, 6.45) is 3.73. The minimum atomic E-state index is -0.206. The van der Waals surface area contributed by atoms with Gasteiger partial charge in [0.05, 0.1) is 21.3 Å². The van der Waals surface area contributed by atoms with E-state index in [2.05, 4.69) is 20.9 Å². The highest BCUT2D eigenvalue weighted by molar-refractivity contribution is 9.10. The molecule has 0 aliphatic rings. The number of ketones is 1. The number of fused-ring (bicyclic) bond motifs is 1. The second kappa shape index (κ2) is 9.80. The van der Waals surface area contributed by atoms with Crippen molar-refractivity contribution in [2.45, 2.75) is 6.54 Å². The zero-order valence-electron chi connectivity index (χ0n) is 17.6. The molecule has 0 saturated carbocycles. The van der Waals surface area contributed by atoms with Crippen LogP contribution in [-0.4, -0.2) is 15.3 Å². The van der Waals surface area contributed by atoms with Crippen LogP contribution in [-0.2, 0) is 6.54 Å². The SMILES string of the molecule is O=C(Cn1c(=O)/c(=C/c2ccc(Br)cc2)s/c1=C\c1nc2ccccc2s1)c1ccc(Cl)cc1. The lowest BCUT2D eigenvalue weighted by Crippen LogP contribution is -2.34. The predicted octanol–water partition coefficient (Wildman–Crippen LogP) is 5.48. The molecule has 5 aromatic rings. The molecule has 0 amide bonds. The Hall–Kier alpha value is -2.84. The highest BCUT2D eigenvalue weighted by Gasteiger charge is 2.13.